The van der Waals surface area contributed by atoms with Crippen molar-refractivity contribution in [1.82, 2.24) is 0 Å². The van der Waals surface area contributed by atoms with Gasteiger partial charge in [0.1, 0.15) is 11.5 Å². The molecule has 0 aliphatic carbocycles. The molecule has 0 radical (unpaired) electrons. The van der Waals surface area contributed by atoms with Gasteiger partial charge in [0.25, 0.3) is 5.69 Å². The fourth-order valence-electron chi connectivity index (χ4n) is 1.97. The zero-order valence-electron chi connectivity index (χ0n) is 11.3. The lowest BCUT2D eigenvalue weighted by Crippen LogP contribution is -1.96. The molecule has 0 aliphatic heterocycles. The molecule has 5 nitrogen and oxygen atoms in total. The fourth-order valence-corrected chi connectivity index (χ4v) is 1.97. The summed E-state index contributed by atoms with van der Waals surface area (Å²) in [7, 11) is 0. The van der Waals surface area contributed by atoms with E-state index >= 15 is 0 Å². The number of aliphatic hydroxyl groups excluding tert-OH is 1. The van der Waals surface area contributed by atoms with Crippen molar-refractivity contribution in [3.05, 3.63) is 63.2 Å². The molecule has 0 saturated heterocycles. The minimum atomic E-state index is -0.521. The van der Waals surface area contributed by atoms with Crippen LogP contribution in [0.2, 0.25) is 0 Å². The first-order valence-corrected chi connectivity index (χ1v) is 6.14. The Morgan fingerprint density at radius 3 is 2.55 bits per heavy atom. The van der Waals surface area contributed by atoms with Gasteiger partial charge in [-0.25, -0.2) is 0 Å². The van der Waals surface area contributed by atoms with Crippen molar-refractivity contribution >= 4 is 5.69 Å². The van der Waals surface area contributed by atoms with Crippen molar-refractivity contribution < 1.29 is 14.8 Å². The Morgan fingerprint density at radius 2 is 1.95 bits per heavy atom. The van der Waals surface area contributed by atoms with Crippen LogP contribution in [0.15, 0.2) is 36.4 Å². The molecule has 0 aliphatic rings. The van der Waals surface area contributed by atoms with Crippen LogP contribution in [-0.2, 0) is 6.61 Å². The van der Waals surface area contributed by atoms with E-state index in [1.165, 1.54) is 18.2 Å². The van der Waals surface area contributed by atoms with E-state index in [-0.39, 0.29) is 11.3 Å². The van der Waals surface area contributed by atoms with Crippen molar-refractivity contribution in [1.29, 1.82) is 0 Å². The zero-order chi connectivity index (χ0) is 14.7. The number of ether oxygens (including phenoxy) is 1. The zero-order valence-corrected chi connectivity index (χ0v) is 11.3. The van der Waals surface area contributed by atoms with Crippen LogP contribution < -0.4 is 4.74 Å². The van der Waals surface area contributed by atoms with Gasteiger partial charge in [-0.3, -0.25) is 10.1 Å². The van der Waals surface area contributed by atoms with E-state index in [9.17, 15) is 15.2 Å². The molecule has 2 aromatic rings. The quantitative estimate of drug-likeness (QED) is 0.683. The van der Waals surface area contributed by atoms with Crippen LogP contribution in [0.4, 0.5) is 5.69 Å². The average Bonchev–Trinajstić information content (AvgIpc) is 2.41. The number of nitrogens with zero attached hydrogens (tertiary/aromatic N) is 1. The maximum Gasteiger partial charge on any atom is 0.275 e. The largest absolute Gasteiger partial charge is 0.457 e. The number of rotatable bonds is 4. The molecule has 0 aromatic heterocycles. The Hall–Kier alpha value is -2.40. The van der Waals surface area contributed by atoms with Crippen LogP contribution in [0, 0.1) is 24.0 Å². The van der Waals surface area contributed by atoms with Crippen molar-refractivity contribution in [3.63, 3.8) is 0 Å². The van der Waals surface area contributed by atoms with Crippen molar-refractivity contribution in [3.8, 4) is 11.5 Å². The van der Waals surface area contributed by atoms with E-state index in [1.54, 1.807) is 0 Å². The van der Waals surface area contributed by atoms with Gasteiger partial charge in [-0.1, -0.05) is 17.7 Å². The summed E-state index contributed by atoms with van der Waals surface area (Å²) in [6.07, 6.45) is 0. The highest BCUT2D eigenvalue weighted by molar-refractivity contribution is 5.47. The average molecular weight is 273 g/mol. The third kappa shape index (κ3) is 2.95. The first-order chi connectivity index (χ1) is 9.51. The minimum Gasteiger partial charge on any atom is -0.457 e. The summed E-state index contributed by atoms with van der Waals surface area (Å²) in [5.41, 5.74) is 2.24. The van der Waals surface area contributed by atoms with Gasteiger partial charge in [0.2, 0.25) is 0 Å². The van der Waals surface area contributed by atoms with Gasteiger partial charge >= 0.3 is 0 Å². The molecule has 0 fully saturated rings. The van der Waals surface area contributed by atoms with E-state index < -0.39 is 11.5 Å². The summed E-state index contributed by atoms with van der Waals surface area (Å²) in [5, 5.41) is 20.0. The molecule has 0 saturated carbocycles. The minimum absolute atomic E-state index is 0.111. The summed E-state index contributed by atoms with van der Waals surface area (Å²) in [6.45, 7) is 3.52. The lowest BCUT2D eigenvalue weighted by molar-refractivity contribution is -0.385. The highest BCUT2D eigenvalue weighted by atomic mass is 16.6. The van der Waals surface area contributed by atoms with Gasteiger partial charge in [-0.2, -0.15) is 0 Å². The van der Waals surface area contributed by atoms with Crippen LogP contribution in [-0.4, -0.2) is 10.0 Å². The van der Waals surface area contributed by atoms with Gasteiger partial charge in [-0.15, -0.1) is 0 Å². The van der Waals surface area contributed by atoms with Crippen LogP contribution >= 0.6 is 0 Å². The van der Waals surface area contributed by atoms with Crippen molar-refractivity contribution in [2.75, 3.05) is 0 Å². The Bertz CT molecular complexity index is 652. The molecule has 1 N–H and O–H groups in total. The summed E-state index contributed by atoms with van der Waals surface area (Å²) in [6, 6.07) is 10.1. The van der Waals surface area contributed by atoms with Crippen molar-refractivity contribution in [2.45, 2.75) is 20.5 Å². The maximum atomic E-state index is 10.8. The highest BCUT2D eigenvalue weighted by Crippen LogP contribution is 2.29. The second kappa shape index (κ2) is 5.71. The van der Waals surface area contributed by atoms with Crippen LogP contribution in [0.25, 0.3) is 0 Å². The first-order valence-electron chi connectivity index (χ1n) is 6.14. The molecular formula is C15H15NO4. The first kappa shape index (κ1) is 14.0. The fraction of sp³-hybridized carbons (Fsp3) is 0.200. The molecule has 0 spiro atoms. The Labute approximate surface area is 116 Å². The summed E-state index contributed by atoms with van der Waals surface area (Å²) in [4.78, 5) is 10.3. The molecule has 2 rings (SSSR count). The number of hydrogen-bond donors (Lipinski definition) is 1. The monoisotopic (exact) mass is 273 g/mol. The van der Waals surface area contributed by atoms with Crippen LogP contribution in [0.5, 0.6) is 11.5 Å². The maximum absolute atomic E-state index is 10.8. The number of benzene rings is 2. The molecule has 0 unspecified atom stereocenters. The van der Waals surface area contributed by atoms with Crippen molar-refractivity contribution in [2.24, 2.45) is 0 Å². The number of hydrogen-bond acceptors (Lipinski definition) is 4. The number of nitro groups is 1. The SMILES string of the molecule is Cc1ccc(Oc2ccc([N+](=O)[O-])c(CO)c2)c(C)c1. The molecule has 5 heteroatoms. The second-order valence-corrected chi connectivity index (χ2v) is 4.58. The Balaban J connectivity index is 2.32. The molecule has 0 atom stereocenters. The molecule has 0 bridgehead atoms. The highest BCUT2D eigenvalue weighted by Gasteiger charge is 2.14. The lowest BCUT2D eigenvalue weighted by atomic mass is 10.1. The molecule has 20 heavy (non-hydrogen) atoms. The summed E-state index contributed by atoms with van der Waals surface area (Å²) < 4.78 is 5.71. The standard InChI is InChI=1S/C15H15NO4/c1-10-3-6-15(11(2)7-10)20-13-4-5-14(16(18)19)12(8-13)9-17/h3-8,17H,9H2,1-2H3. The second-order valence-electron chi connectivity index (χ2n) is 4.58. The summed E-state index contributed by atoms with van der Waals surface area (Å²) >= 11 is 0. The van der Waals surface area contributed by atoms with Crippen LogP contribution in [0.1, 0.15) is 16.7 Å². The predicted molar refractivity (Wildman–Crippen MR) is 75.0 cm³/mol. The molecule has 2 aromatic carbocycles. The topological polar surface area (TPSA) is 72.6 Å². The lowest BCUT2D eigenvalue weighted by Gasteiger charge is -2.10. The number of aryl methyl sites for hydroxylation is 2. The normalized spacial score (nSPS) is 10.3. The van der Waals surface area contributed by atoms with Gasteiger partial charge in [-0.05, 0) is 37.6 Å². The number of aliphatic hydroxyl groups is 1. The Morgan fingerprint density at radius 1 is 1.20 bits per heavy atom. The Kier molecular flexibility index (Phi) is 4.00. The predicted octanol–water partition coefficient (Wildman–Crippen LogP) is 3.50. The molecule has 0 heterocycles. The van der Waals surface area contributed by atoms with Gasteiger partial charge < -0.3 is 9.84 Å². The van der Waals surface area contributed by atoms with E-state index in [0.717, 1.165) is 11.1 Å². The van der Waals surface area contributed by atoms with Gasteiger partial charge in [0, 0.05) is 6.07 Å². The smallest absolute Gasteiger partial charge is 0.275 e. The third-order valence-electron chi connectivity index (χ3n) is 2.98. The molecule has 104 valence electrons. The number of nitro benzene ring substituents is 1. The van der Waals surface area contributed by atoms with E-state index in [2.05, 4.69) is 0 Å². The van der Waals surface area contributed by atoms with Gasteiger partial charge in [0.15, 0.2) is 0 Å². The van der Waals surface area contributed by atoms with Gasteiger partial charge in [0.05, 0.1) is 17.1 Å². The van der Waals surface area contributed by atoms with E-state index in [1.807, 2.05) is 32.0 Å². The third-order valence-corrected chi connectivity index (χ3v) is 2.98. The van der Waals surface area contributed by atoms with E-state index in [0.29, 0.717) is 11.5 Å². The molecular weight excluding hydrogens is 258 g/mol. The summed E-state index contributed by atoms with van der Waals surface area (Å²) in [5.74, 6) is 1.15. The van der Waals surface area contributed by atoms with Crippen LogP contribution in [0.3, 0.4) is 0 Å². The van der Waals surface area contributed by atoms with E-state index in [4.69, 9.17) is 4.74 Å². The molecule has 0 amide bonds.